The van der Waals surface area contributed by atoms with Crippen molar-refractivity contribution in [3.05, 3.63) is 29.3 Å². The van der Waals surface area contributed by atoms with Crippen molar-refractivity contribution < 1.29 is 14.3 Å². The summed E-state index contributed by atoms with van der Waals surface area (Å²) in [5.74, 6) is 0.596. The molecular formula is C18H20ClN5O3S. The predicted molar refractivity (Wildman–Crippen MR) is 105 cm³/mol. The number of carbonyl (C=O) groups is 2. The number of imide groups is 1. The van der Waals surface area contributed by atoms with Crippen LogP contribution in [0.15, 0.2) is 29.4 Å². The molecule has 28 heavy (non-hydrogen) atoms. The second-order valence-electron chi connectivity index (χ2n) is 6.62. The Hall–Kier alpha value is -2.10. The fourth-order valence-electron chi connectivity index (χ4n) is 3.28. The van der Waals surface area contributed by atoms with E-state index < -0.39 is 0 Å². The smallest absolute Gasteiger partial charge is 0.324 e. The van der Waals surface area contributed by atoms with Crippen molar-refractivity contribution in [2.24, 2.45) is 0 Å². The molecule has 4 rings (SSSR count). The number of hydrogen-bond donors (Lipinski definition) is 1. The summed E-state index contributed by atoms with van der Waals surface area (Å²) in [5.41, 5.74) is 0.895. The monoisotopic (exact) mass is 421 g/mol. The lowest BCUT2D eigenvalue weighted by Crippen LogP contribution is -2.35. The number of rotatable bonds is 6. The van der Waals surface area contributed by atoms with E-state index in [4.69, 9.17) is 16.3 Å². The molecule has 0 aliphatic carbocycles. The minimum Gasteiger partial charge on any atom is -0.376 e. The van der Waals surface area contributed by atoms with Crippen molar-refractivity contribution in [2.75, 3.05) is 25.4 Å². The number of urea groups is 1. The normalized spacial score (nSPS) is 19.2. The Morgan fingerprint density at radius 2 is 2.14 bits per heavy atom. The van der Waals surface area contributed by atoms with E-state index in [1.54, 1.807) is 0 Å². The number of halogens is 1. The molecule has 0 spiro atoms. The largest absolute Gasteiger partial charge is 0.376 e. The summed E-state index contributed by atoms with van der Waals surface area (Å²) in [4.78, 5) is 25.2. The lowest BCUT2D eigenvalue weighted by atomic mass is 10.2. The van der Waals surface area contributed by atoms with Crippen molar-refractivity contribution >= 4 is 35.3 Å². The maximum atomic E-state index is 12.3. The standard InChI is InChI=1S/C18H20ClN5O3S/c19-13-5-3-12(4-6-13)16-21-22-18(24(16)10-14-2-1-9-27-14)28-11-15(25)23-8-7-20-17(23)26/h3-6,14H,1-2,7-11H2,(H,20,26). The Morgan fingerprint density at radius 3 is 2.82 bits per heavy atom. The number of nitrogens with one attached hydrogen (secondary N) is 1. The molecule has 3 heterocycles. The molecule has 2 saturated heterocycles. The molecule has 0 bridgehead atoms. The molecule has 1 N–H and O–H groups in total. The Bertz CT molecular complexity index is 867. The van der Waals surface area contributed by atoms with Gasteiger partial charge in [-0.15, -0.1) is 10.2 Å². The van der Waals surface area contributed by atoms with E-state index in [9.17, 15) is 9.59 Å². The number of thioether (sulfide) groups is 1. The number of aromatic nitrogens is 3. The highest BCUT2D eigenvalue weighted by Crippen LogP contribution is 2.27. The second kappa shape index (κ2) is 8.50. The minimum absolute atomic E-state index is 0.0986. The molecule has 0 radical (unpaired) electrons. The van der Waals surface area contributed by atoms with Crippen LogP contribution in [0.2, 0.25) is 5.02 Å². The number of ether oxygens (including phenoxy) is 1. The molecule has 2 aromatic rings. The van der Waals surface area contributed by atoms with Gasteiger partial charge in [0.2, 0.25) is 5.91 Å². The number of hydrogen-bond acceptors (Lipinski definition) is 6. The summed E-state index contributed by atoms with van der Waals surface area (Å²) in [6.45, 7) is 2.27. The van der Waals surface area contributed by atoms with Gasteiger partial charge >= 0.3 is 6.03 Å². The topological polar surface area (TPSA) is 89.3 Å². The molecule has 1 unspecified atom stereocenters. The average molecular weight is 422 g/mol. The molecule has 1 aromatic carbocycles. The van der Waals surface area contributed by atoms with Gasteiger partial charge in [0, 0.05) is 30.3 Å². The maximum absolute atomic E-state index is 12.3. The Kier molecular flexibility index (Phi) is 5.84. The fourth-order valence-corrected chi connectivity index (χ4v) is 4.23. The van der Waals surface area contributed by atoms with Gasteiger partial charge in [-0.3, -0.25) is 14.3 Å². The summed E-state index contributed by atoms with van der Waals surface area (Å²) < 4.78 is 7.76. The summed E-state index contributed by atoms with van der Waals surface area (Å²) >= 11 is 7.28. The second-order valence-corrected chi connectivity index (χ2v) is 8.00. The van der Waals surface area contributed by atoms with Crippen LogP contribution in [0.1, 0.15) is 12.8 Å². The summed E-state index contributed by atoms with van der Waals surface area (Å²) in [7, 11) is 0. The van der Waals surface area contributed by atoms with Crippen molar-refractivity contribution in [1.82, 2.24) is 25.0 Å². The van der Waals surface area contributed by atoms with Crippen molar-refractivity contribution in [1.29, 1.82) is 0 Å². The first kappa shape index (κ1) is 19.2. The zero-order chi connectivity index (χ0) is 19.5. The maximum Gasteiger partial charge on any atom is 0.324 e. The first-order chi connectivity index (χ1) is 13.6. The summed E-state index contributed by atoms with van der Waals surface area (Å²) in [5, 5.41) is 12.5. The molecule has 2 aliphatic rings. The number of amides is 3. The fraction of sp³-hybridized carbons (Fsp3) is 0.444. The molecule has 1 atom stereocenters. The highest BCUT2D eigenvalue weighted by atomic mass is 35.5. The van der Waals surface area contributed by atoms with Crippen molar-refractivity contribution in [3.63, 3.8) is 0 Å². The molecule has 10 heteroatoms. The zero-order valence-corrected chi connectivity index (χ0v) is 16.7. The quantitative estimate of drug-likeness (QED) is 0.720. The van der Waals surface area contributed by atoms with Gasteiger partial charge in [0.05, 0.1) is 18.4 Å². The van der Waals surface area contributed by atoms with Gasteiger partial charge in [0.25, 0.3) is 0 Å². The first-order valence-electron chi connectivity index (χ1n) is 9.13. The van der Waals surface area contributed by atoms with E-state index in [1.165, 1.54) is 16.7 Å². The van der Waals surface area contributed by atoms with Crippen molar-refractivity contribution in [3.8, 4) is 11.4 Å². The molecular weight excluding hydrogens is 402 g/mol. The number of nitrogens with zero attached hydrogens (tertiary/aromatic N) is 4. The average Bonchev–Trinajstić information content (AvgIpc) is 3.43. The predicted octanol–water partition coefficient (Wildman–Crippen LogP) is 2.42. The van der Waals surface area contributed by atoms with Gasteiger partial charge in [-0.2, -0.15) is 0 Å². The van der Waals surface area contributed by atoms with E-state index in [0.29, 0.717) is 35.6 Å². The van der Waals surface area contributed by atoms with E-state index in [1.807, 2.05) is 28.8 Å². The van der Waals surface area contributed by atoms with Crippen LogP contribution >= 0.6 is 23.4 Å². The number of carbonyl (C=O) groups excluding carboxylic acids is 2. The Labute approximate surface area is 171 Å². The van der Waals surface area contributed by atoms with E-state index in [-0.39, 0.29) is 23.8 Å². The van der Waals surface area contributed by atoms with Gasteiger partial charge in [-0.1, -0.05) is 23.4 Å². The zero-order valence-electron chi connectivity index (χ0n) is 15.1. The third-order valence-electron chi connectivity index (χ3n) is 4.71. The van der Waals surface area contributed by atoms with E-state index in [2.05, 4.69) is 15.5 Å². The van der Waals surface area contributed by atoms with Crippen LogP contribution in [0, 0.1) is 0 Å². The van der Waals surface area contributed by atoms with Crippen LogP contribution in [-0.2, 0) is 16.1 Å². The molecule has 2 fully saturated rings. The summed E-state index contributed by atoms with van der Waals surface area (Å²) in [6.07, 6.45) is 2.12. The minimum atomic E-state index is -0.340. The van der Waals surface area contributed by atoms with Gasteiger partial charge < -0.3 is 10.1 Å². The lowest BCUT2D eigenvalue weighted by Gasteiger charge is -2.15. The highest BCUT2D eigenvalue weighted by molar-refractivity contribution is 7.99. The third kappa shape index (κ3) is 4.16. The molecule has 1 aromatic heterocycles. The van der Waals surface area contributed by atoms with Gasteiger partial charge in [-0.05, 0) is 37.1 Å². The molecule has 2 aliphatic heterocycles. The van der Waals surface area contributed by atoms with Crippen LogP contribution in [0.4, 0.5) is 4.79 Å². The third-order valence-corrected chi connectivity index (χ3v) is 5.92. The van der Waals surface area contributed by atoms with Crippen LogP contribution in [0.5, 0.6) is 0 Å². The van der Waals surface area contributed by atoms with Crippen LogP contribution in [0.3, 0.4) is 0 Å². The summed E-state index contributed by atoms with van der Waals surface area (Å²) in [6, 6.07) is 7.07. The van der Waals surface area contributed by atoms with Gasteiger partial charge in [0.15, 0.2) is 11.0 Å². The Morgan fingerprint density at radius 1 is 1.32 bits per heavy atom. The van der Waals surface area contributed by atoms with Gasteiger partial charge in [0.1, 0.15) is 0 Å². The van der Waals surface area contributed by atoms with Crippen LogP contribution in [-0.4, -0.2) is 63.2 Å². The lowest BCUT2D eigenvalue weighted by molar-refractivity contribution is -0.124. The van der Waals surface area contributed by atoms with Crippen LogP contribution in [0.25, 0.3) is 11.4 Å². The Balaban J connectivity index is 1.54. The van der Waals surface area contributed by atoms with E-state index >= 15 is 0 Å². The van der Waals surface area contributed by atoms with Crippen LogP contribution < -0.4 is 5.32 Å². The molecule has 148 valence electrons. The number of benzene rings is 1. The molecule has 0 saturated carbocycles. The SMILES string of the molecule is O=C(CSc1nnc(-c2ccc(Cl)cc2)n1CC1CCCO1)N1CCNC1=O. The van der Waals surface area contributed by atoms with Crippen molar-refractivity contribution in [2.45, 2.75) is 30.6 Å². The molecule has 8 nitrogen and oxygen atoms in total. The molecule has 3 amide bonds. The van der Waals surface area contributed by atoms with E-state index in [0.717, 1.165) is 25.0 Å². The first-order valence-corrected chi connectivity index (χ1v) is 10.5. The van der Waals surface area contributed by atoms with Gasteiger partial charge in [-0.25, -0.2) is 4.79 Å². The highest BCUT2D eigenvalue weighted by Gasteiger charge is 2.27.